The van der Waals surface area contributed by atoms with Crippen molar-refractivity contribution in [2.24, 2.45) is 0 Å². The molecule has 4 rings (SSSR count). The molecule has 4 heteroatoms. The van der Waals surface area contributed by atoms with Crippen molar-refractivity contribution in [2.45, 2.75) is 19.3 Å². The minimum atomic E-state index is 0.568. The van der Waals surface area contributed by atoms with Gasteiger partial charge in [0.1, 0.15) is 10.7 Å². The van der Waals surface area contributed by atoms with E-state index in [4.69, 9.17) is 16.0 Å². The molecular weight excluding hydrogens is 260 g/mol. The number of aromatic nitrogens is 2. The summed E-state index contributed by atoms with van der Waals surface area (Å²) in [6.07, 6.45) is 3.06. The fraction of sp³-hybridized carbons (Fsp3) is 0.200. The molecule has 0 atom stereocenters. The van der Waals surface area contributed by atoms with E-state index in [9.17, 15) is 0 Å². The molecular formula is C15H11ClN2O. The summed E-state index contributed by atoms with van der Waals surface area (Å²) in [7, 11) is 0. The van der Waals surface area contributed by atoms with Crippen molar-refractivity contribution in [3.63, 3.8) is 0 Å². The first kappa shape index (κ1) is 11.0. The fourth-order valence-electron chi connectivity index (χ4n) is 2.59. The maximum atomic E-state index is 6.23. The van der Waals surface area contributed by atoms with Gasteiger partial charge in [-0.25, -0.2) is 9.97 Å². The van der Waals surface area contributed by atoms with Crippen molar-refractivity contribution in [1.29, 1.82) is 0 Å². The molecule has 0 spiro atoms. The standard InChI is InChI=1S/C15H11ClN2O/c16-14-10-5-3-6-11(10)17-15(18-14)13-8-9-4-1-2-7-12(9)19-13/h1-2,4,7-8H,3,5-6H2. The number of furan rings is 1. The smallest absolute Gasteiger partial charge is 0.197 e. The van der Waals surface area contributed by atoms with Crippen molar-refractivity contribution in [2.75, 3.05) is 0 Å². The maximum absolute atomic E-state index is 6.23. The van der Waals surface area contributed by atoms with E-state index in [0.717, 1.165) is 41.5 Å². The van der Waals surface area contributed by atoms with Crippen LogP contribution in [0.4, 0.5) is 0 Å². The number of nitrogens with zero attached hydrogens (tertiary/aromatic N) is 2. The van der Waals surface area contributed by atoms with Crippen LogP contribution in [-0.2, 0) is 12.8 Å². The van der Waals surface area contributed by atoms with Gasteiger partial charge in [0.05, 0.1) is 0 Å². The van der Waals surface area contributed by atoms with E-state index >= 15 is 0 Å². The van der Waals surface area contributed by atoms with Crippen molar-refractivity contribution in [3.05, 3.63) is 46.7 Å². The zero-order chi connectivity index (χ0) is 12.8. The Hall–Kier alpha value is -1.87. The van der Waals surface area contributed by atoms with E-state index < -0.39 is 0 Å². The lowest BCUT2D eigenvalue weighted by Crippen LogP contribution is -1.96. The summed E-state index contributed by atoms with van der Waals surface area (Å²) in [5.41, 5.74) is 3.01. The molecule has 1 aliphatic carbocycles. The van der Waals surface area contributed by atoms with Crippen LogP contribution in [0.1, 0.15) is 17.7 Å². The van der Waals surface area contributed by atoms with Gasteiger partial charge in [-0.3, -0.25) is 0 Å². The molecule has 1 aliphatic rings. The minimum Gasteiger partial charge on any atom is -0.453 e. The largest absolute Gasteiger partial charge is 0.453 e. The Morgan fingerprint density at radius 3 is 2.89 bits per heavy atom. The summed E-state index contributed by atoms with van der Waals surface area (Å²) in [6, 6.07) is 9.84. The van der Waals surface area contributed by atoms with Crippen molar-refractivity contribution >= 4 is 22.6 Å². The molecule has 0 N–H and O–H groups in total. The van der Waals surface area contributed by atoms with Crippen LogP contribution >= 0.6 is 11.6 Å². The topological polar surface area (TPSA) is 38.9 Å². The lowest BCUT2D eigenvalue weighted by molar-refractivity contribution is 0.624. The third-order valence-corrected chi connectivity index (χ3v) is 3.84. The van der Waals surface area contributed by atoms with E-state index in [2.05, 4.69) is 9.97 Å². The highest BCUT2D eigenvalue weighted by Gasteiger charge is 2.20. The first-order valence-corrected chi connectivity index (χ1v) is 6.73. The van der Waals surface area contributed by atoms with Crippen molar-refractivity contribution in [1.82, 2.24) is 9.97 Å². The number of fused-ring (bicyclic) bond motifs is 2. The van der Waals surface area contributed by atoms with Crippen LogP contribution in [0.25, 0.3) is 22.6 Å². The Bertz CT molecular complexity index is 746. The lowest BCUT2D eigenvalue weighted by Gasteiger charge is -2.03. The van der Waals surface area contributed by atoms with Gasteiger partial charge >= 0.3 is 0 Å². The number of rotatable bonds is 1. The molecule has 0 saturated heterocycles. The minimum absolute atomic E-state index is 0.568. The summed E-state index contributed by atoms with van der Waals surface area (Å²) >= 11 is 6.23. The first-order chi connectivity index (χ1) is 9.31. The molecule has 0 bridgehead atoms. The lowest BCUT2D eigenvalue weighted by atomic mass is 10.2. The molecule has 0 saturated carbocycles. The Morgan fingerprint density at radius 1 is 1.11 bits per heavy atom. The highest BCUT2D eigenvalue weighted by Crippen LogP contribution is 2.31. The maximum Gasteiger partial charge on any atom is 0.197 e. The molecule has 2 heterocycles. The molecule has 0 aliphatic heterocycles. The summed E-state index contributed by atoms with van der Waals surface area (Å²) in [6.45, 7) is 0. The van der Waals surface area contributed by atoms with Crippen LogP contribution in [0.3, 0.4) is 0 Å². The molecule has 0 unspecified atom stereocenters. The second-order valence-electron chi connectivity index (χ2n) is 4.77. The molecule has 2 aromatic heterocycles. The van der Waals surface area contributed by atoms with Crippen LogP contribution in [0.5, 0.6) is 0 Å². The Morgan fingerprint density at radius 2 is 2.00 bits per heavy atom. The number of hydrogen-bond acceptors (Lipinski definition) is 3. The average molecular weight is 271 g/mol. The summed E-state index contributed by atoms with van der Waals surface area (Å²) < 4.78 is 5.79. The number of aryl methyl sites for hydroxylation is 1. The summed E-state index contributed by atoms with van der Waals surface area (Å²) in [4.78, 5) is 8.96. The van der Waals surface area contributed by atoms with E-state index in [1.165, 1.54) is 0 Å². The van der Waals surface area contributed by atoms with Crippen LogP contribution in [0.15, 0.2) is 34.7 Å². The van der Waals surface area contributed by atoms with Gasteiger partial charge in [-0.05, 0) is 31.4 Å². The fourth-order valence-corrected chi connectivity index (χ4v) is 2.87. The quantitative estimate of drug-likeness (QED) is 0.627. The second kappa shape index (κ2) is 4.07. The predicted molar refractivity (Wildman–Crippen MR) is 74.3 cm³/mol. The van der Waals surface area contributed by atoms with E-state index in [1.807, 2.05) is 30.3 Å². The van der Waals surface area contributed by atoms with Gasteiger partial charge in [-0.2, -0.15) is 0 Å². The van der Waals surface area contributed by atoms with Crippen LogP contribution < -0.4 is 0 Å². The van der Waals surface area contributed by atoms with E-state index in [1.54, 1.807) is 0 Å². The number of benzene rings is 1. The number of halogens is 1. The van der Waals surface area contributed by atoms with Gasteiger partial charge < -0.3 is 4.42 Å². The first-order valence-electron chi connectivity index (χ1n) is 6.35. The van der Waals surface area contributed by atoms with E-state index in [-0.39, 0.29) is 0 Å². The molecule has 94 valence electrons. The van der Waals surface area contributed by atoms with Gasteiger partial charge in [0, 0.05) is 16.6 Å². The highest BCUT2D eigenvalue weighted by atomic mass is 35.5. The summed E-state index contributed by atoms with van der Waals surface area (Å²) in [5.74, 6) is 1.26. The zero-order valence-corrected chi connectivity index (χ0v) is 10.9. The zero-order valence-electron chi connectivity index (χ0n) is 10.2. The van der Waals surface area contributed by atoms with Crippen LogP contribution in [-0.4, -0.2) is 9.97 Å². The van der Waals surface area contributed by atoms with Gasteiger partial charge in [-0.15, -0.1) is 0 Å². The third kappa shape index (κ3) is 1.73. The molecule has 0 amide bonds. The third-order valence-electron chi connectivity index (χ3n) is 3.53. The number of hydrogen-bond donors (Lipinski definition) is 0. The SMILES string of the molecule is Clc1nc(-c2cc3ccccc3o2)nc2c1CCC2. The Labute approximate surface area is 115 Å². The average Bonchev–Trinajstić information content (AvgIpc) is 3.04. The Balaban J connectivity index is 1.90. The van der Waals surface area contributed by atoms with Crippen molar-refractivity contribution in [3.8, 4) is 11.6 Å². The predicted octanol–water partition coefficient (Wildman–Crippen LogP) is 4.03. The van der Waals surface area contributed by atoms with Gasteiger partial charge in [0.25, 0.3) is 0 Å². The van der Waals surface area contributed by atoms with Gasteiger partial charge in [0.15, 0.2) is 11.6 Å². The van der Waals surface area contributed by atoms with E-state index in [0.29, 0.717) is 16.7 Å². The molecule has 0 fully saturated rings. The van der Waals surface area contributed by atoms with Crippen LogP contribution in [0.2, 0.25) is 5.15 Å². The molecule has 19 heavy (non-hydrogen) atoms. The Kier molecular flexibility index (Phi) is 2.35. The van der Waals surface area contributed by atoms with Gasteiger partial charge in [-0.1, -0.05) is 29.8 Å². The second-order valence-corrected chi connectivity index (χ2v) is 5.12. The molecule has 0 radical (unpaired) electrons. The number of para-hydroxylation sites is 1. The van der Waals surface area contributed by atoms with Gasteiger partial charge in [0.2, 0.25) is 0 Å². The monoisotopic (exact) mass is 270 g/mol. The normalized spacial score (nSPS) is 13.9. The van der Waals surface area contributed by atoms with Crippen LogP contribution in [0, 0.1) is 0 Å². The highest BCUT2D eigenvalue weighted by molar-refractivity contribution is 6.30. The van der Waals surface area contributed by atoms with Crippen molar-refractivity contribution < 1.29 is 4.42 Å². The summed E-state index contributed by atoms with van der Waals surface area (Å²) in [5, 5.41) is 1.62. The molecule has 3 nitrogen and oxygen atoms in total. The molecule has 1 aromatic carbocycles. The molecule has 3 aromatic rings.